The molecule has 6 nitrogen and oxygen atoms in total. The topological polar surface area (TPSA) is 74.8 Å². The van der Waals surface area contributed by atoms with E-state index in [1.54, 1.807) is 0 Å². The van der Waals surface area contributed by atoms with Gasteiger partial charge in [0.15, 0.2) is 5.96 Å². The Balaban J connectivity index is 0.00000729. The van der Waals surface area contributed by atoms with Crippen LogP contribution in [0.1, 0.15) is 38.8 Å². The van der Waals surface area contributed by atoms with E-state index in [1.807, 2.05) is 27.7 Å². The molecule has 160 valence electrons. The maximum atomic E-state index is 13.3. The summed E-state index contributed by atoms with van der Waals surface area (Å²) in [5.74, 6) is 0.137. The van der Waals surface area contributed by atoms with E-state index in [4.69, 9.17) is 4.74 Å². The van der Waals surface area contributed by atoms with Crippen molar-refractivity contribution in [3.63, 3.8) is 0 Å². The van der Waals surface area contributed by atoms with Gasteiger partial charge < -0.3 is 20.7 Å². The van der Waals surface area contributed by atoms with E-state index in [1.165, 1.54) is 19.2 Å². The summed E-state index contributed by atoms with van der Waals surface area (Å²) in [5.41, 5.74) is -1.16. The lowest BCUT2D eigenvalue weighted by atomic mass is 10.1. The molecule has 0 aromatic heterocycles. The van der Waals surface area contributed by atoms with Gasteiger partial charge in [-0.05, 0) is 45.4 Å². The van der Waals surface area contributed by atoms with Crippen LogP contribution in [0.2, 0.25) is 0 Å². The summed E-state index contributed by atoms with van der Waals surface area (Å²) in [6, 6.07) is 3.74. The molecule has 0 aliphatic heterocycles. The zero-order chi connectivity index (χ0) is 20.7. The van der Waals surface area contributed by atoms with Crippen molar-refractivity contribution in [2.45, 2.75) is 46.0 Å². The first-order chi connectivity index (χ1) is 12.5. The van der Waals surface area contributed by atoms with Crippen LogP contribution in [0.25, 0.3) is 0 Å². The number of guanidine groups is 1. The number of halogens is 4. The maximum Gasteiger partial charge on any atom is 0.416 e. The SMILES string of the molecule is CCNC(=NCc1ccc(OC)cc1C(F)(F)F)NCC(=O)NC(C)(C)C.I. The van der Waals surface area contributed by atoms with Gasteiger partial charge in [-0.1, -0.05) is 6.07 Å². The number of alkyl halides is 3. The van der Waals surface area contributed by atoms with Gasteiger partial charge in [-0.15, -0.1) is 24.0 Å². The number of amides is 1. The van der Waals surface area contributed by atoms with Crippen molar-refractivity contribution in [1.82, 2.24) is 16.0 Å². The number of aliphatic imine (C=N–C) groups is 1. The van der Waals surface area contributed by atoms with Crippen molar-refractivity contribution in [3.05, 3.63) is 29.3 Å². The fourth-order valence-electron chi connectivity index (χ4n) is 2.22. The number of rotatable bonds is 6. The van der Waals surface area contributed by atoms with E-state index in [0.717, 1.165) is 6.07 Å². The lowest BCUT2D eigenvalue weighted by Gasteiger charge is -2.21. The molecule has 28 heavy (non-hydrogen) atoms. The van der Waals surface area contributed by atoms with Crippen LogP contribution in [0, 0.1) is 0 Å². The van der Waals surface area contributed by atoms with Gasteiger partial charge in [0, 0.05) is 12.1 Å². The second-order valence-electron chi connectivity index (χ2n) is 6.87. The molecule has 10 heteroatoms. The molecule has 0 saturated carbocycles. The van der Waals surface area contributed by atoms with Crippen molar-refractivity contribution >= 4 is 35.8 Å². The first kappa shape index (κ1) is 26.3. The Morgan fingerprint density at radius 2 is 1.82 bits per heavy atom. The van der Waals surface area contributed by atoms with Crippen molar-refractivity contribution in [3.8, 4) is 5.75 Å². The van der Waals surface area contributed by atoms with Crippen LogP contribution in [0.3, 0.4) is 0 Å². The van der Waals surface area contributed by atoms with Gasteiger partial charge in [0.25, 0.3) is 0 Å². The largest absolute Gasteiger partial charge is 0.497 e. The van der Waals surface area contributed by atoms with Gasteiger partial charge in [-0.3, -0.25) is 4.79 Å². The quantitative estimate of drug-likeness (QED) is 0.308. The van der Waals surface area contributed by atoms with Crippen LogP contribution < -0.4 is 20.7 Å². The van der Waals surface area contributed by atoms with Gasteiger partial charge >= 0.3 is 6.18 Å². The molecule has 1 aromatic carbocycles. The van der Waals surface area contributed by atoms with E-state index in [9.17, 15) is 18.0 Å². The van der Waals surface area contributed by atoms with Crippen molar-refractivity contribution in [1.29, 1.82) is 0 Å². The second-order valence-corrected chi connectivity index (χ2v) is 6.87. The fourth-order valence-corrected chi connectivity index (χ4v) is 2.22. The molecule has 0 aliphatic carbocycles. The third-order valence-corrected chi connectivity index (χ3v) is 3.30. The molecule has 1 rings (SSSR count). The number of hydrogen-bond donors (Lipinski definition) is 3. The van der Waals surface area contributed by atoms with Crippen LogP contribution >= 0.6 is 24.0 Å². The Morgan fingerprint density at radius 3 is 2.32 bits per heavy atom. The van der Waals surface area contributed by atoms with E-state index in [-0.39, 0.29) is 65.8 Å². The summed E-state index contributed by atoms with van der Waals surface area (Å²) in [6.45, 7) is 7.64. The van der Waals surface area contributed by atoms with Crippen molar-refractivity contribution < 1.29 is 22.7 Å². The number of carbonyl (C=O) groups is 1. The Bertz CT molecular complexity index is 674. The molecule has 0 bridgehead atoms. The monoisotopic (exact) mass is 516 g/mol. The molecule has 0 fully saturated rings. The number of methoxy groups -OCH3 is 1. The molecule has 0 aliphatic rings. The summed E-state index contributed by atoms with van der Waals surface area (Å²) < 4.78 is 44.7. The first-order valence-electron chi connectivity index (χ1n) is 8.53. The molecule has 3 N–H and O–H groups in total. The van der Waals surface area contributed by atoms with Gasteiger partial charge in [-0.25, -0.2) is 4.99 Å². The minimum absolute atomic E-state index is 0. The number of benzene rings is 1. The predicted octanol–water partition coefficient (Wildman–Crippen LogP) is 3.30. The third-order valence-electron chi connectivity index (χ3n) is 3.30. The standard InChI is InChI=1S/C18H27F3N4O2.HI/c1-6-22-16(24-11-15(26)25-17(2,3)4)23-10-12-7-8-13(27-5)9-14(12)18(19,20)21;/h7-9H,6,10-11H2,1-5H3,(H,25,26)(H2,22,23,24);1H. The highest BCUT2D eigenvalue weighted by molar-refractivity contribution is 14.0. The average Bonchev–Trinajstić information content (AvgIpc) is 2.54. The molecule has 1 amide bonds. The molecule has 1 aromatic rings. The fraction of sp³-hybridized carbons (Fsp3) is 0.556. The van der Waals surface area contributed by atoms with E-state index >= 15 is 0 Å². The highest BCUT2D eigenvalue weighted by Gasteiger charge is 2.33. The highest BCUT2D eigenvalue weighted by Crippen LogP contribution is 2.34. The van der Waals surface area contributed by atoms with Crippen LogP contribution in [0.5, 0.6) is 5.75 Å². The van der Waals surface area contributed by atoms with E-state index in [2.05, 4.69) is 20.9 Å². The highest BCUT2D eigenvalue weighted by atomic mass is 127. The number of ether oxygens (including phenoxy) is 1. The number of carbonyl (C=O) groups excluding carboxylic acids is 1. The Hall–Kier alpha value is -1.72. The number of nitrogens with one attached hydrogen (secondary N) is 3. The van der Waals surface area contributed by atoms with E-state index in [0.29, 0.717) is 6.54 Å². The zero-order valence-electron chi connectivity index (χ0n) is 16.7. The summed E-state index contributed by atoms with van der Waals surface area (Å²) in [6.07, 6.45) is -4.52. The molecular weight excluding hydrogens is 488 g/mol. The Morgan fingerprint density at radius 1 is 1.18 bits per heavy atom. The number of hydrogen-bond acceptors (Lipinski definition) is 3. The molecular formula is C18H28F3IN4O2. The maximum absolute atomic E-state index is 13.3. The van der Waals surface area contributed by atoms with Crippen molar-refractivity contribution in [2.24, 2.45) is 4.99 Å². The molecule has 0 saturated heterocycles. The van der Waals surface area contributed by atoms with Crippen LogP contribution in [0.4, 0.5) is 13.2 Å². The summed E-state index contributed by atoms with van der Waals surface area (Å²) in [7, 11) is 1.31. The molecule has 0 unspecified atom stereocenters. The predicted molar refractivity (Wildman–Crippen MR) is 114 cm³/mol. The average molecular weight is 516 g/mol. The van der Waals surface area contributed by atoms with Gasteiger partial charge in [-0.2, -0.15) is 13.2 Å². The summed E-state index contributed by atoms with van der Waals surface area (Å²) in [4.78, 5) is 16.0. The number of nitrogens with zero attached hydrogens (tertiary/aromatic N) is 1. The Kier molecular flexibility index (Phi) is 10.6. The molecule has 0 heterocycles. The molecule has 0 spiro atoms. The molecule has 0 atom stereocenters. The molecule has 0 radical (unpaired) electrons. The minimum atomic E-state index is -4.52. The Labute approximate surface area is 180 Å². The lowest BCUT2D eigenvalue weighted by Crippen LogP contribution is -2.48. The normalized spacial score (nSPS) is 12.1. The first-order valence-corrected chi connectivity index (χ1v) is 8.53. The van der Waals surface area contributed by atoms with Gasteiger partial charge in [0.1, 0.15) is 5.75 Å². The minimum Gasteiger partial charge on any atom is -0.497 e. The zero-order valence-corrected chi connectivity index (χ0v) is 19.0. The van der Waals surface area contributed by atoms with Gasteiger partial charge in [0.05, 0.1) is 25.8 Å². The third kappa shape index (κ3) is 9.47. The van der Waals surface area contributed by atoms with Gasteiger partial charge in [0.2, 0.25) is 5.91 Å². The summed E-state index contributed by atoms with van der Waals surface area (Å²) >= 11 is 0. The van der Waals surface area contributed by atoms with Crippen molar-refractivity contribution in [2.75, 3.05) is 20.2 Å². The van der Waals surface area contributed by atoms with Crippen LogP contribution in [0.15, 0.2) is 23.2 Å². The second kappa shape index (κ2) is 11.3. The van der Waals surface area contributed by atoms with Crippen LogP contribution in [-0.4, -0.2) is 37.6 Å². The van der Waals surface area contributed by atoms with E-state index < -0.39 is 11.7 Å². The summed E-state index contributed by atoms with van der Waals surface area (Å²) in [5, 5.41) is 8.50. The smallest absolute Gasteiger partial charge is 0.416 e. The van der Waals surface area contributed by atoms with Crippen LogP contribution in [-0.2, 0) is 17.5 Å². The lowest BCUT2D eigenvalue weighted by molar-refractivity contribution is -0.138.